The molecule has 0 aliphatic rings. The van der Waals surface area contributed by atoms with Crippen LogP contribution in [0, 0.1) is 0 Å². The van der Waals surface area contributed by atoms with Crippen LogP contribution < -0.4 is 5.73 Å². The maximum Gasteiger partial charge on any atom is 0.149 e. The number of nitrogen functional groups attached to an aromatic ring is 1. The van der Waals surface area contributed by atoms with E-state index in [1.807, 2.05) is 23.9 Å². The maximum absolute atomic E-state index is 5.95. The Labute approximate surface area is 111 Å². The van der Waals surface area contributed by atoms with Gasteiger partial charge in [-0.05, 0) is 12.0 Å². The summed E-state index contributed by atoms with van der Waals surface area (Å²) in [7, 11) is 1.95. The van der Waals surface area contributed by atoms with Crippen LogP contribution in [0.2, 0.25) is 0 Å². The average Bonchev–Trinajstić information content (AvgIpc) is 2.91. The largest absolute Gasteiger partial charge is 0.382 e. The van der Waals surface area contributed by atoms with Gasteiger partial charge in [-0.1, -0.05) is 32.0 Å². The van der Waals surface area contributed by atoms with Gasteiger partial charge in [-0.15, -0.1) is 0 Å². The molecular weight excluding hydrogens is 238 g/mol. The van der Waals surface area contributed by atoms with E-state index in [-0.39, 0.29) is 0 Å². The Hall–Kier alpha value is -2.30. The SMILES string of the molecule is CC(C)c1c(N)n[nH]c1-c1nn(C)c2ccccc12. The van der Waals surface area contributed by atoms with E-state index in [0.29, 0.717) is 11.7 Å². The number of nitrogens with two attached hydrogens (primary N) is 1. The predicted molar refractivity (Wildman–Crippen MR) is 76.8 cm³/mol. The van der Waals surface area contributed by atoms with Crippen molar-refractivity contribution in [2.45, 2.75) is 19.8 Å². The Morgan fingerprint density at radius 1 is 1.26 bits per heavy atom. The standard InChI is InChI=1S/C14H17N5/c1-8(2)11-13(16-17-14(11)15)12-9-6-4-5-7-10(9)19(3)18-12/h4-8H,1-3H3,(H3,15,16,17). The highest BCUT2D eigenvalue weighted by Gasteiger charge is 2.20. The molecule has 5 nitrogen and oxygen atoms in total. The first-order valence-corrected chi connectivity index (χ1v) is 6.35. The molecule has 0 saturated carbocycles. The zero-order valence-electron chi connectivity index (χ0n) is 11.3. The lowest BCUT2D eigenvalue weighted by molar-refractivity contribution is 0.796. The molecule has 19 heavy (non-hydrogen) atoms. The van der Waals surface area contributed by atoms with Crippen molar-refractivity contribution in [3.63, 3.8) is 0 Å². The molecule has 3 N–H and O–H groups in total. The number of hydrogen-bond acceptors (Lipinski definition) is 3. The number of nitrogens with zero attached hydrogens (tertiary/aromatic N) is 3. The minimum atomic E-state index is 0.300. The van der Waals surface area contributed by atoms with Gasteiger partial charge in [0.1, 0.15) is 11.5 Å². The fraction of sp³-hybridized carbons (Fsp3) is 0.286. The molecule has 0 aliphatic heterocycles. The van der Waals surface area contributed by atoms with Crippen molar-refractivity contribution in [3.05, 3.63) is 29.8 Å². The molecule has 1 aromatic carbocycles. The highest BCUT2D eigenvalue weighted by Crippen LogP contribution is 2.34. The van der Waals surface area contributed by atoms with Crippen molar-refractivity contribution in [2.75, 3.05) is 5.73 Å². The average molecular weight is 255 g/mol. The van der Waals surface area contributed by atoms with Gasteiger partial charge in [0.2, 0.25) is 0 Å². The molecule has 0 atom stereocenters. The van der Waals surface area contributed by atoms with Crippen molar-refractivity contribution in [3.8, 4) is 11.4 Å². The summed E-state index contributed by atoms with van der Waals surface area (Å²) in [6.07, 6.45) is 0. The smallest absolute Gasteiger partial charge is 0.149 e. The lowest BCUT2D eigenvalue weighted by Gasteiger charge is -2.05. The Kier molecular flexibility index (Phi) is 2.55. The maximum atomic E-state index is 5.95. The number of rotatable bonds is 2. The molecule has 0 fully saturated rings. The number of benzene rings is 1. The molecule has 0 amide bonds. The first-order valence-electron chi connectivity index (χ1n) is 6.35. The first-order chi connectivity index (χ1) is 9.09. The van der Waals surface area contributed by atoms with Gasteiger partial charge in [0.05, 0.1) is 11.2 Å². The summed E-state index contributed by atoms with van der Waals surface area (Å²) >= 11 is 0. The van der Waals surface area contributed by atoms with Crippen molar-refractivity contribution < 1.29 is 0 Å². The van der Waals surface area contributed by atoms with Crippen molar-refractivity contribution >= 4 is 16.7 Å². The molecule has 98 valence electrons. The molecule has 3 aromatic rings. The molecule has 0 aliphatic carbocycles. The Morgan fingerprint density at radius 3 is 2.74 bits per heavy atom. The number of anilines is 1. The van der Waals surface area contributed by atoms with Crippen LogP contribution >= 0.6 is 0 Å². The molecule has 0 bridgehead atoms. The van der Waals surface area contributed by atoms with Crippen molar-refractivity contribution in [1.29, 1.82) is 0 Å². The number of para-hydroxylation sites is 1. The quantitative estimate of drug-likeness (QED) is 0.739. The summed E-state index contributed by atoms with van der Waals surface area (Å²) in [6.45, 7) is 4.21. The summed E-state index contributed by atoms with van der Waals surface area (Å²) in [6, 6.07) is 8.15. The molecule has 0 saturated heterocycles. The van der Waals surface area contributed by atoms with E-state index in [2.05, 4.69) is 41.3 Å². The van der Waals surface area contributed by atoms with Gasteiger partial charge >= 0.3 is 0 Å². The third-order valence-electron chi connectivity index (χ3n) is 3.41. The lowest BCUT2D eigenvalue weighted by Crippen LogP contribution is -1.96. The molecule has 2 aromatic heterocycles. The number of aromatic nitrogens is 4. The third-order valence-corrected chi connectivity index (χ3v) is 3.41. The first kappa shape index (κ1) is 11.8. The zero-order chi connectivity index (χ0) is 13.6. The van der Waals surface area contributed by atoms with Crippen molar-refractivity contribution in [1.82, 2.24) is 20.0 Å². The van der Waals surface area contributed by atoms with Gasteiger partial charge in [0.25, 0.3) is 0 Å². The summed E-state index contributed by atoms with van der Waals surface area (Å²) < 4.78 is 1.88. The second-order valence-corrected chi connectivity index (χ2v) is 5.04. The van der Waals surface area contributed by atoms with Crippen LogP contribution in [0.25, 0.3) is 22.3 Å². The topological polar surface area (TPSA) is 72.5 Å². The van der Waals surface area contributed by atoms with Gasteiger partial charge in [-0.3, -0.25) is 9.78 Å². The second-order valence-electron chi connectivity index (χ2n) is 5.04. The number of hydrogen-bond donors (Lipinski definition) is 2. The monoisotopic (exact) mass is 255 g/mol. The summed E-state index contributed by atoms with van der Waals surface area (Å²) in [5.41, 5.74) is 9.91. The molecule has 0 spiro atoms. The summed E-state index contributed by atoms with van der Waals surface area (Å²) in [5.74, 6) is 0.856. The fourth-order valence-corrected chi connectivity index (χ4v) is 2.53. The van der Waals surface area contributed by atoms with Crippen LogP contribution in [0.3, 0.4) is 0 Å². The Morgan fingerprint density at radius 2 is 2.00 bits per heavy atom. The Bertz CT molecular complexity index is 735. The normalized spacial score (nSPS) is 11.6. The van der Waals surface area contributed by atoms with Crippen molar-refractivity contribution in [2.24, 2.45) is 7.05 Å². The number of fused-ring (bicyclic) bond motifs is 1. The van der Waals surface area contributed by atoms with Crippen LogP contribution in [0.1, 0.15) is 25.3 Å². The van der Waals surface area contributed by atoms with E-state index in [4.69, 9.17) is 5.73 Å². The molecule has 5 heteroatoms. The summed E-state index contributed by atoms with van der Waals surface area (Å²) in [4.78, 5) is 0. The van der Waals surface area contributed by atoms with Gasteiger partial charge in [0, 0.05) is 18.0 Å². The van der Waals surface area contributed by atoms with E-state index >= 15 is 0 Å². The molecule has 2 heterocycles. The number of H-pyrrole nitrogens is 1. The highest BCUT2D eigenvalue weighted by molar-refractivity contribution is 5.93. The van der Waals surface area contributed by atoms with Gasteiger partial charge in [0.15, 0.2) is 0 Å². The predicted octanol–water partition coefficient (Wildman–Crippen LogP) is 2.67. The molecule has 3 rings (SSSR count). The van der Waals surface area contributed by atoms with E-state index in [1.54, 1.807) is 0 Å². The van der Waals surface area contributed by atoms with E-state index in [0.717, 1.165) is 27.9 Å². The van der Waals surface area contributed by atoms with E-state index < -0.39 is 0 Å². The lowest BCUT2D eigenvalue weighted by atomic mass is 10.00. The van der Waals surface area contributed by atoms with Gasteiger partial charge in [-0.2, -0.15) is 10.2 Å². The number of aromatic amines is 1. The van der Waals surface area contributed by atoms with Crippen LogP contribution in [0.5, 0.6) is 0 Å². The van der Waals surface area contributed by atoms with E-state index in [9.17, 15) is 0 Å². The highest BCUT2D eigenvalue weighted by atomic mass is 15.3. The minimum absolute atomic E-state index is 0.300. The minimum Gasteiger partial charge on any atom is -0.382 e. The van der Waals surface area contributed by atoms with Crippen LogP contribution in [0.4, 0.5) is 5.82 Å². The second kappa shape index (κ2) is 4.12. The Balaban J connectivity index is 2.31. The van der Waals surface area contributed by atoms with E-state index in [1.165, 1.54) is 0 Å². The van der Waals surface area contributed by atoms with Crippen LogP contribution in [0.15, 0.2) is 24.3 Å². The molecular formula is C14H17N5. The zero-order valence-corrected chi connectivity index (χ0v) is 11.3. The molecule has 0 unspecified atom stereocenters. The van der Waals surface area contributed by atoms with Gasteiger partial charge < -0.3 is 5.73 Å². The number of aryl methyl sites for hydroxylation is 1. The van der Waals surface area contributed by atoms with Crippen LogP contribution in [-0.2, 0) is 7.05 Å². The fourth-order valence-electron chi connectivity index (χ4n) is 2.53. The number of nitrogens with one attached hydrogen (secondary N) is 1. The molecule has 0 radical (unpaired) electrons. The van der Waals surface area contributed by atoms with Crippen LogP contribution in [-0.4, -0.2) is 20.0 Å². The van der Waals surface area contributed by atoms with Gasteiger partial charge in [-0.25, -0.2) is 0 Å². The third kappa shape index (κ3) is 1.69. The summed E-state index contributed by atoms with van der Waals surface area (Å²) in [5, 5.41) is 12.9.